The Morgan fingerprint density at radius 2 is 1.64 bits per heavy atom. The number of nitrogens with zero attached hydrogens (tertiary/aromatic N) is 1. The summed E-state index contributed by atoms with van der Waals surface area (Å²) in [6.07, 6.45) is 0. The lowest BCUT2D eigenvalue weighted by molar-refractivity contribution is -0.927. The molecule has 1 nitrogen and oxygen atoms in total. The van der Waals surface area contributed by atoms with E-state index in [0.29, 0.717) is 5.54 Å². The lowest BCUT2D eigenvalue weighted by Crippen LogP contribution is -2.53. The summed E-state index contributed by atoms with van der Waals surface area (Å²) in [4.78, 5) is 0. The van der Waals surface area contributed by atoms with E-state index < -0.39 is 0 Å². The molecule has 0 radical (unpaired) electrons. The van der Waals surface area contributed by atoms with Gasteiger partial charge in [0.2, 0.25) is 0 Å². The number of rotatable bonds is 0. The molecule has 1 saturated heterocycles. The van der Waals surface area contributed by atoms with Crippen molar-refractivity contribution in [3.63, 3.8) is 0 Å². The SMILES string of the molecule is CC1C[N+](C)(C)C(C)(C)C1C. The van der Waals surface area contributed by atoms with Gasteiger partial charge in [-0.1, -0.05) is 13.8 Å². The van der Waals surface area contributed by atoms with Crippen LogP contribution < -0.4 is 0 Å². The molecule has 0 amide bonds. The van der Waals surface area contributed by atoms with Gasteiger partial charge in [-0.25, -0.2) is 0 Å². The van der Waals surface area contributed by atoms with E-state index >= 15 is 0 Å². The van der Waals surface area contributed by atoms with Crippen LogP contribution in [0.5, 0.6) is 0 Å². The van der Waals surface area contributed by atoms with Crippen molar-refractivity contribution in [1.82, 2.24) is 0 Å². The van der Waals surface area contributed by atoms with Crippen LogP contribution in [0.25, 0.3) is 0 Å². The van der Waals surface area contributed by atoms with Gasteiger partial charge in [-0.05, 0) is 13.8 Å². The molecule has 2 unspecified atom stereocenters. The third kappa shape index (κ3) is 1.10. The van der Waals surface area contributed by atoms with Crippen LogP contribution >= 0.6 is 0 Å². The summed E-state index contributed by atoms with van der Waals surface area (Å²) in [5, 5.41) is 0. The number of hydrogen-bond donors (Lipinski definition) is 0. The smallest absolute Gasteiger partial charge is 0.0962 e. The monoisotopic (exact) mass is 156 g/mol. The maximum absolute atomic E-state index is 2.39. The maximum atomic E-state index is 2.39. The Kier molecular flexibility index (Phi) is 1.83. The van der Waals surface area contributed by atoms with Gasteiger partial charge in [-0.2, -0.15) is 0 Å². The van der Waals surface area contributed by atoms with Crippen molar-refractivity contribution in [2.24, 2.45) is 11.8 Å². The summed E-state index contributed by atoms with van der Waals surface area (Å²) in [6.45, 7) is 10.9. The molecule has 66 valence electrons. The molecule has 0 N–H and O–H groups in total. The Hall–Kier alpha value is -0.0400. The zero-order valence-corrected chi connectivity index (χ0v) is 8.81. The van der Waals surface area contributed by atoms with Crippen molar-refractivity contribution >= 4 is 0 Å². The molecular formula is C10H22N+. The Balaban J connectivity index is 2.92. The number of likely N-dealkylation sites (tertiary alicyclic amines) is 1. The van der Waals surface area contributed by atoms with Crippen molar-refractivity contribution in [3.8, 4) is 0 Å². The van der Waals surface area contributed by atoms with Crippen LogP contribution in [-0.4, -0.2) is 30.7 Å². The van der Waals surface area contributed by atoms with E-state index in [9.17, 15) is 0 Å². The van der Waals surface area contributed by atoms with Crippen LogP contribution in [0.1, 0.15) is 27.7 Å². The fraction of sp³-hybridized carbons (Fsp3) is 1.00. The Bertz CT molecular complexity index is 158. The second kappa shape index (κ2) is 2.22. The van der Waals surface area contributed by atoms with E-state index in [1.54, 1.807) is 0 Å². The maximum Gasteiger partial charge on any atom is 0.0962 e. The Labute approximate surface area is 71.0 Å². The second-order valence-corrected chi connectivity index (χ2v) is 5.29. The fourth-order valence-electron chi connectivity index (χ4n) is 2.36. The first-order valence-corrected chi connectivity index (χ1v) is 4.62. The van der Waals surface area contributed by atoms with E-state index in [1.165, 1.54) is 11.0 Å². The first kappa shape index (κ1) is 9.05. The molecule has 1 heterocycles. The summed E-state index contributed by atoms with van der Waals surface area (Å²) < 4.78 is 1.18. The van der Waals surface area contributed by atoms with Crippen molar-refractivity contribution in [3.05, 3.63) is 0 Å². The molecule has 1 heteroatoms. The highest BCUT2D eigenvalue weighted by atomic mass is 15.4. The molecule has 0 aromatic rings. The van der Waals surface area contributed by atoms with Gasteiger partial charge >= 0.3 is 0 Å². The van der Waals surface area contributed by atoms with Gasteiger partial charge in [0, 0.05) is 11.8 Å². The first-order valence-electron chi connectivity index (χ1n) is 4.62. The van der Waals surface area contributed by atoms with Crippen LogP contribution in [0.3, 0.4) is 0 Å². The predicted octanol–water partition coefficient (Wildman–Crippen LogP) is 2.13. The highest BCUT2D eigenvalue weighted by Gasteiger charge is 2.51. The van der Waals surface area contributed by atoms with Crippen molar-refractivity contribution < 1.29 is 4.48 Å². The van der Waals surface area contributed by atoms with Gasteiger partial charge in [0.15, 0.2) is 0 Å². The van der Waals surface area contributed by atoms with Crippen molar-refractivity contribution in [1.29, 1.82) is 0 Å². The minimum absolute atomic E-state index is 0.458. The first-order chi connectivity index (χ1) is 4.79. The quantitative estimate of drug-likeness (QED) is 0.471. The lowest BCUT2D eigenvalue weighted by Gasteiger charge is -2.40. The minimum atomic E-state index is 0.458. The van der Waals surface area contributed by atoms with Crippen LogP contribution in [0.4, 0.5) is 0 Å². The Morgan fingerprint density at radius 1 is 1.18 bits per heavy atom. The predicted molar refractivity (Wildman–Crippen MR) is 49.4 cm³/mol. The normalized spacial score (nSPS) is 40.9. The van der Waals surface area contributed by atoms with E-state index in [-0.39, 0.29) is 0 Å². The van der Waals surface area contributed by atoms with Crippen LogP contribution in [-0.2, 0) is 0 Å². The van der Waals surface area contributed by atoms with Gasteiger partial charge in [0.1, 0.15) is 0 Å². The Morgan fingerprint density at radius 3 is 1.73 bits per heavy atom. The molecule has 1 rings (SSSR count). The average molecular weight is 156 g/mol. The molecule has 11 heavy (non-hydrogen) atoms. The number of hydrogen-bond acceptors (Lipinski definition) is 0. The standard InChI is InChI=1S/C10H22N/c1-8-7-11(5,6)10(3,4)9(8)2/h8-9H,7H2,1-6H3/q+1. The number of quaternary nitrogens is 1. The summed E-state index contributed by atoms with van der Waals surface area (Å²) in [7, 11) is 4.69. The lowest BCUT2D eigenvalue weighted by atomic mass is 9.84. The molecule has 0 bridgehead atoms. The minimum Gasteiger partial charge on any atom is -0.324 e. The fourth-order valence-corrected chi connectivity index (χ4v) is 2.36. The second-order valence-electron chi connectivity index (χ2n) is 5.29. The summed E-state index contributed by atoms with van der Waals surface area (Å²) in [5.74, 6) is 1.72. The topological polar surface area (TPSA) is 0 Å². The van der Waals surface area contributed by atoms with Gasteiger partial charge in [0.05, 0.1) is 26.2 Å². The van der Waals surface area contributed by atoms with Crippen molar-refractivity contribution in [2.45, 2.75) is 33.2 Å². The summed E-state index contributed by atoms with van der Waals surface area (Å²) >= 11 is 0. The van der Waals surface area contributed by atoms with Gasteiger partial charge in [0.25, 0.3) is 0 Å². The van der Waals surface area contributed by atoms with Gasteiger partial charge in [-0.15, -0.1) is 0 Å². The van der Waals surface area contributed by atoms with E-state index in [4.69, 9.17) is 0 Å². The zero-order valence-electron chi connectivity index (χ0n) is 8.81. The van der Waals surface area contributed by atoms with Crippen LogP contribution in [0.15, 0.2) is 0 Å². The van der Waals surface area contributed by atoms with Gasteiger partial charge in [-0.3, -0.25) is 0 Å². The summed E-state index contributed by atoms with van der Waals surface area (Å²) in [5.41, 5.74) is 0.458. The third-order valence-corrected chi connectivity index (χ3v) is 4.27. The highest BCUT2D eigenvalue weighted by Crippen LogP contribution is 2.41. The van der Waals surface area contributed by atoms with Gasteiger partial charge < -0.3 is 4.48 Å². The van der Waals surface area contributed by atoms with E-state index in [0.717, 1.165) is 11.8 Å². The zero-order chi connectivity index (χ0) is 8.86. The molecule has 0 aliphatic carbocycles. The van der Waals surface area contributed by atoms with Crippen LogP contribution in [0.2, 0.25) is 0 Å². The van der Waals surface area contributed by atoms with E-state index in [1.807, 2.05) is 0 Å². The molecule has 1 aliphatic rings. The molecular weight excluding hydrogens is 134 g/mol. The highest BCUT2D eigenvalue weighted by molar-refractivity contribution is 4.86. The molecule has 1 aliphatic heterocycles. The molecule has 1 fully saturated rings. The van der Waals surface area contributed by atoms with Crippen molar-refractivity contribution in [2.75, 3.05) is 20.6 Å². The molecule has 0 aromatic heterocycles. The van der Waals surface area contributed by atoms with E-state index in [2.05, 4.69) is 41.8 Å². The van der Waals surface area contributed by atoms with Crippen LogP contribution in [0, 0.1) is 11.8 Å². The molecule has 2 atom stereocenters. The average Bonchev–Trinajstić information content (AvgIpc) is 1.93. The summed E-state index contributed by atoms with van der Waals surface area (Å²) in [6, 6.07) is 0. The molecule has 0 spiro atoms. The molecule has 0 saturated carbocycles. The largest absolute Gasteiger partial charge is 0.324 e. The third-order valence-electron chi connectivity index (χ3n) is 4.27. The molecule has 0 aromatic carbocycles.